The maximum absolute atomic E-state index is 13.6. The van der Waals surface area contributed by atoms with Gasteiger partial charge in [0, 0.05) is 29.6 Å². The van der Waals surface area contributed by atoms with Crippen LogP contribution < -0.4 is 11.1 Å². The summed E-state index contributed by atoms with van der Waals surface area (Å²) >= 11 is 6.81. The molecule has 1 saturated carbocycles. The Hall–Kier alpha value is -2.65. The lowest BCUT2D eigenvalue weighted by Crippen LogP contribution is -2.50. The molecule has 1 unspecified atom stereocenters. The standard InChI is InChI=1S/C31H42ClN3O5/c1-3-21-6-4-7-24(18-21)28-25(8-5-9-26(28)32)29(39-16-17-40-31(33)37)27-20-35(14-15-38-27)30(36)23-12-10-22(11-13-23)19-34-2/h4-9,18,22-23,27,29,34H,3,10-17,19-20H2,1-2H3,(H2,33,37)/t22?,23?,27-,29?/m1/s1. The average molecular weight is 572 g/mol. The van der Waals surface area contributed by atoms with Crippen LogP contribution >= 0.6 is 11.6 Å². The first-order valence-corrected chi connectivity index (χ1v) is 14.8. The number of ether oxygens (including phenoxy) is 3. The molecule has 0 radical (unpaired) electrons. The zero-order chi connectivity index (χ0) is 28.5. The van der Waals surface area contributed by atoms with Gasteiger partial charge in [-0.25, -0.2) is 4.79 Å². The van der Waals surface area contributed by atoms with E-state index in [1.54, 1.807) is 0 Å². The molecule has 9 heteroatoms. The Kier molecular flexibility index (Phi) is 11.2. The minimum absolute atomic E-state index is 0.0122. The molecule has 2 amide bonds. The zero-order valence-corrected chi connectivity index (χ0v) is 24.3. The molecule has 40 heavy (non-hydrogen) atoms. The molecule has 1 heterocycles. The summed E-state index contributed by atoms with van der Waals surface area (Å²) in [7, 11) is 1.98. The smallest absolute Gasteiger partial charge is 0.404 e. The van der Waals surface area contributed by atoms with Crippen molar-refractivity contribution in [2.24, 2.45) is 17.6 Å². The van der Waals surface area contributed by atoms with E-state index in [0.29, 0.717) is 30.6 Å². The maximum atomic E-state index is 13.6. The number of amides is 2. The number of aryl methyl sites for hydroxylation is 1. The molecule has 4 rings (SSSR count). The molecule has 3 N–H and O–H groups in total. The van der Waals surface area contributed by atoms with Crippen molar-refractivity contribution in [2.45, 2.75) is 51.2 Å². The number of morpholine rings is 1. The molecule has 8 nitrogen and oxygen atoms in total. The summed E-state index contributed by atoms with van der Waals surface area (Å²) in [5, 5.41) is 3.87. The van der Waals surface area contributed by atoms with Crippen molar-refractivity contribution in [3.05, 3.63) is 58.6 Å². The number of benzene rings is 2. The molecule has 218 valence electrons. The van der Waals surface area contributed by atoms with Crippen LogP contribution in [0, 0.1) is 11.8 Å². The van der Waals surface area contributed by atoms with Gasteiger partial charge in [0.1, 0.15) is 18.8 Å². The highest BCUT2D eigenvalue weighted by Crippen LogP contribution is 2.39. The number of nitrogens with one attached hydrogen (secondary N) is 1. The first-order valence-electron chi connectivity index (χ1n) is 14.4. The Bertz CT molecular complexity index is 1140. The van der Waals surface area contributed by atoms with Gasteiger partial charge in [-0.2, -0.15) is 0 Å². The monoisotopic (exact) mass is 571 g/mol. The number of nitrogens with two attached hydrogens (primary N) is 1. The van der Waals surface area contributed by atoms with Gasteiger partial charge < -0.3 is 30.2 Å². The fourth-order valence-electron chi connectivity index (χ4n) is 5.96. The molecule has 0 bridgehead atoms. The molecule has 1 aliphatic heterocycles. The summed E-state index contributed by atoms with van der Waals surface area (Å²) in [6.45, 7) is 4.65. The van der Waals surface area contributed by atoms with E-state index in [4.69, 9.17) is 31.5 Å². The highest BCUT2D eigenvalue weighted by Gasteiger charge is 2.37. The van der Waals surface area contributed by atoms with Crippen molar-refractivity contribution in [3.63, 3.8) is 0 Å². The molecule has 2 atom stereocenters. The number of hydrogen-bond donors (Lipinski definition) is 2. The maximum Gasteiger partial charge on any atom is 0.404 e. The van der Waals surface area contributed by atoms with Crippen molar-refractivity contribution in [3.8, 4) is 11.1 Å². The van der Waals surface area contributed by atoms with Crippen LogP contribution in [0.2, 0.25) is 5.02 Å². The van der Waals surface area contributed by atoms with Gasteiger partial charge in [0.05, 0.1) is 13.2 Å². The minimum Gasteiger partial charge on any atom is -0.447 e. The molecule has 0 aromatic heterocycles. The van der Waals surface area contributed by atoms with Crippen molar-refractivity contribution in [1.82, 2.24) is 10.2 Å². The van der Waals surface area contributed by atoms with E-state index in [2.05, 4.69) is 24.4 Å². The van der Waals surface area contributed by atoms with Crippen LogP contribution in [0.25, 0.3) is 11.1 Å². The molecule has 0 spiro atoms. The van der Waals surface area contributed by atoms with Crippen LogP contribution in [0.4, 0.5) is 4.79 Å². The number of carbonyl (C=O) groups excluding carboxylic acids is 2. The van der Waals surface area contributed by atoms with Crippen LogP contribution in [0.3, 0.4) is 0 Å². The molecule has 1 aliphatic carbocycles. The summed E-state index contributed by atoms with van der Waals surface area (Å²) in [6, 6.07) is 14.1. The van der Waals surface area contributed by atoms with E-state index in [0.717, 1.165) is 55.3 Å². The quantitative estimate of drug-likeness (QED) is 0.369. The Balaban J connectivity index is 1.58. The van der Waals surface area contributed by atoms with Gasteiger partial charge in [0.2, 0.25) is 5.91 Å². The highest BCUT2D eigenvalue weighted by molar-refractivity contribution is 6.33. The largest absolute Gasteiger partial charge is 0.447 e. The van der Waals surface area contributed by atoms with E-state index in [1.165, 1.54) is 5.56 Å². The third-order valence-corrected chi connectivity index (χ3v) is 8.35. The van der Waals surface area contributed by atoms with E-state index < -0.39 is 18.3 Å². The van der Waals surface area contributed by atoms with Crippen LogP contribution in [0.1, 0.15) is 49.8 Å². The van der Waals surface area contributed by atoms with Crippen molar-refractivity contribution in [2.75, 3.05) is 46.5 Å². The number of halogens is 1. The number of hydrogen-bond acceptors (Lipinski definition) is 6. The predicted octanol–water partition coefficient (Wildman–Crippen LogP) is 4.98. The Morgan fingerprint density at radius 2 is 1.93 bits per heavy atom. The molecular weight excluding hydrogens is 530 g/mol. The predicted molar refractivity (Wildman–Crippen MR) is 156 cm³/mol. The second kappa shape index (κ2) is 14.8. The second-order valence-electron chi connectivity index (χ2n) is 10.7. The average Bonchev–Trinajstić information content (AvgIpc) is 2.97. The Labute approximate surface area is 242 Å². The number of rotatable bonds is 11. The van der Waals surface area contributed by atoms with E-state index >= 15 is 0 Å². The summed E-state index contributed by atoms with van der Waals surface area (Å²) < 4.78 is 17.5. The number of carbonyl (C=O) groups is 2. The molecule has 2 fully saturated rings. The van der Waals surface area contributed by atoms with E-state index in [-0.39, 0.29) is 25.0 Å². The Morgan fingerprint density at radius 1 is 1.15 bits per heavy atom. The van der Waals surface area contributed by atoms with Crippen LogP contribution in [-0.2, 0) is 25.4 Å². The first-order chi connectivity index (χ1) is 19.4. The lowest BCUT2D eigenvalue weighted by atomic mass is 9.81. The van der Waals surface area contributed by atoms with Gasteiger partial charge in [-0.05, 0) is 74.4 Å². The van der Waals surface area contributed by atoms with Crippen molar-refractivity contribution >= 4 is 23.6 Å². The van der Waals surface area contributed by atoms with Gasteiger partial charge in [-0.15, -0.1) is 0 Å². The summed E-state index contributed by atoms with van der Waals surface area (Å²) in [5.41, 5.74) is 9.08. The van der Waals surface area contributed by atoms with E-state index in [9.17, 15) is 9.59 Å². The highest BCUT2D eigenvalue weighted by atomic mass is 35.5. The molecule has 2 aromatic rings. The van der Waals surface area contributed by atoms with Gasteiger partial charge in [0.15, 0.2) is 0 Å². The molecule has 1 saturated heterocycles. The van der Waals surface area contributed by atoms with Crippen LogP contribution in [-0.4, -0.2) is 69.5 Å². The SMILES string of the molecule is CCc1cccc(-c2c(Cl)cccc2C(OCCOC(N)=O)[C@H]2CN(C(=O)C3CCC(CNC)CC3)CCO2)c1. The number of nitrogens with zero attached hydrogens (tertiary/aromatic N) is 1. The van der Waals surface area contributed by atoms with E-state index in [1.807, 2.05) is 42.3 Å². The van der Waals surface area contributed by atoms with Gasteiger partial charge in [-0.1, -0.05) is 54.9 Å². The normalized spacial score (nSPS) is 22.1. The minimum atomic E-state index is -0.852. The molecule has 2 aliphatic rings. The summed E-state index contributed by atoms with van der Waals surface area (Å²) in [4.78, 5) is 26.7. The fourth-order valence-corrected chi connectivity index (χ4v) is 6.25. The van der Waals surface area contributed by atoms with Gasteiger partial charge >= 0.3 is 6.09 Å². The molecular formula is C31H42ClN3O5. The van der Waals surface area contributed by atoms with Gasteiger partial charge in [-0.3, -0.25) is 4.79 Å². The van der Waals surface area contributed by atoms with Crippen LogP contribution in [0.15, 0.2) is 42.5 Å². The lowest BCUT2D eigenvalue weighted by molar-refractivity contribution is -0.154. The lowest BCUT2D eigenvalue weighted by Gasteiger charge is -2.40. The topological polar surface area (TPSA) is 103 Å². The van der Waals surface area contributed by atoms with Crippen molar-refractivity contribution < 1.29 is 23.8 Å². The fraction of sp³-hybridized carbons (Fsp3) is 0.548. The Morgan fingerprint density at radius 3 is 2.65 bits per heavy atom. The summed E-state index contributed by atoms with van der Waals surface area (Å²) in [5.74, 6) is 0.891. The zero-order valence-electron chi connectivity index (χ0n) is 23.6. The third-order valence-electron chi connectivity index (χ3n) is 8.03. The third kappa shape index (κ3) is 7.75. The molecule has 2 aromatic carbocycles. The number of primary amides is 1. The summed E-state index contributed by atoms with van der Waals surface area (Å²) in [6.07, 6.45) is 3.07. The first kappa shape index (κ1) is 30.3. The van der Waals surface area contributed by atoms with Gasteiger partial charge in [0.25, 0.3) is 0 Å². The van der Waals surface area contributed by atoms with Crippen LogP contribution in [0.5, 0.6) is 0 Å². The van der Waals surface area contributed by atoms with Crippen molar-refractivity contribution in [1.29, 1.82) is 0 Å². The second-order valence-corrected chi connectivity index (χ2v) is 11.1.